The third-order valence-electron chi connectivity index (χ3n) is 0.897. The van der Waals surface area contributed by atoms with Crippen LogP contribution in [0.1, 0.15) is 6.92 Å². The van der Waals surface area contributed by atoms with Crippen molar-refractivity contribution in [3.05, 3.63) is 0 Å². The summed E-state index contributed by atoms with van der Waals surface area (Å²) >= 11 is 0. The van der Waals surface area contributed by atoms with Crippen LogP contribution in [0, 0.1) is 5.92 Å². The van der Waals surface area contributed by atoms with Gasteiger partial charge in [0.15, 0.2) is 0 Å². The summed E-state index contributed by atoms with van der Waals surface area (Å²) in [5.74, 6) is -1.71. The molecule has 0 rings (SSSR count). The monoisotopic (exact) mass is 147 g/mol. The quantitative estimate of drug-likeness (QED) is 0.578. The zero-order valence-corrected chi connectivity index (χ0v) is 5.53. The van der Waals surface area contributed by atoms with E-state index in [0.717, 1.165) is 0 Å². The second kappa shape index (κ2) is 3.71. The SMILES string of the molecule is CC(COC(N)=O)C(=O)O. The highest BCUT2D eigenvalue weighted by molar-refractivity contribution is 5.70. The van der Waals surface area contributed by atoms with Crippen molar-refractivity contribution >= 4 is 12.1 Å². The molecule has 5 heteroatoms. The van der Waals surface area contributed by atoms with Gasteiger partial charge in [-0.1, -0.05) is 0 Å². The highest BCUT2D eigenvalue weighted by Crippen LogP contribution is 1.94. The Morgan fingerprint density at radius 3 is 2.50 bits per heavy atom. The van der Waals surface area contributed by atoms with Gasteiger partial charge in [-0.15, -0.1) is 0 Å². The van der Waals surface area contributed by atoms with Crippen molar-refractivity contribution in [2.45, 2.75) is 6.92 Å². The summed E-state index contributed by atoms with van der Waals surface area (Å²) in [6.07, 6.45) is -0.951. The third kappa shape index (κ3) is 3.71. The number of hydrogen-bond donors (Lipinski definition) is 2. The molecule has 0 heterocycles. The van der Waals surface area contributed by atoms with Crippen LogP contribution in [-0.4, -0.2) is 23.8 Å². The van der Waals surface area contributed by atoms with Crippen LogP contribution in [0.5, 0.6) is 0 Å². The van der Waals surface area contributed by atoms with E-state index in [4.69, 9.17) is 5.11 Å². The lowest BCUT2D eigenvalue weighted by Crippen LogP contribution is -2.21. The number of carboxylic acid groups (broad SMARTS) is 1. The van der Waals surface area contributed by atoms with Crippen LogP contribution in [0.2, 0.25) is 0 Å². The molecule has 0 aliphatic rings. The molecule has 0 aliphatic heterocycles. The zero-order chi connectivity index (χ0) is 8.15. The number of amides is 1. The maximum atomic E-state index is 10.1. The first-order chi connectivity index (χ1) is 4.54. The van der Waals surface area contributed by atoms with Gasteiger partial charge in [-0.25, -0.2) is 4.79 Å². The lowest BCUT2D eigenvalue weighted by atomic mass is 10.2. The zero-order valence-electron chi connectivity index (χ0n) is 5.53. The maximum absolute atomic E-state index is 10.1. The highest BCUT2D eigenvalue weighted by Gasteiger charge is 2.11. The summed E-state index contributed by atoms with van der Waals surface area (Å²) < 4.78 is 4.22. The largest absolute Gasteiger partial charge is 0.481 e. The Morgan fingerprint density at radius 1 is 1.70 bits per heavy atom. The Bertz CT molecular complexity index is 145. The molecule has 3 N–H and O–H groups in total. The standard InChI is InChI=1S/C5H9NO4/c1-3(4(7)8)2-10-5(6)9/h3H,2H2,1H3,(H2,6,9)(H,7,8). The fourth-order valence-electron chi connectivity index (χ4n) is 0.278. The predicted octanol–water partition coefficient (Wildman–Crippen LogP) is -0.198. The Labute approximate surface area is 57.8 Å². The molecule has 0 aromatic heterocycles. The number of carboxylic acids is 1. The summed E-state index contributed by atoms with van der Waals surface area (Å²) in [6, 6.07) is 0. The summed E-state index contributed by atoms with van der Waals surface area (Å²) in [5.41, 5.74) is 4.59. The van der Waals surface area contributed by atoms with Crippen molar-refractivity contribution < 1.29 is 19.4 Å². The maximum Gasteiger partial charge on any atom is 0.404 e. The number of carbonyl (C=O) groups is 2. The van der Waals surface area contributed by atoms with Crippen LogP contribution in [0.15, 0.2) is 0 Å². The molecule has 0 aliphatic carbocycles. The van der Waals surface area contributed by atoms with Gasteiger partial charge >= 0.3 is 12.1 Å². The van der Waals surface area contributed by atoms with Gasteiger partial charge in [0.1, 0.15) is 6.61 Å². The van der Waals surface area contributed by atoms with E-state index in [9.17, 15) is 9.59 Å². The van der Waals surface area contributed by atoms with Gasteiger partial charge in [0.25, 0.3) is 0 Å². The Morgan fingerprint density at radius 2 is 2.20 bits per heavy atom. The minimum atomic E-state index is -1.01. The molecule has 1 atom stereocenters. The van der Waals surface area contributed by atoms with E-state index >= 15 is 0 Å². The minimum Gasteiger partial charge on any atom is -0.481 e. The Hall–Kier alpha value is -1.26. The molecule has 0 aromatic carbocycles. The van der Waals surface area contributed by atoms with Gasteiger partial charge < -0.3 is 15.6 Å². The van der Waals surface area contributed by atoms with E-state index in [1.807, 2.05) is 0 Å². The molecule has 5 nitrogen and oxygen atoms in total. The number of nitrogens with two attached hydrogens (primary N) is 1. The summed E-state index contributed by atoms with van der Waals surface area (Å²) in [5, 5.41) is 8.26. The first-order valence-electron chi connectivity index (χ1n) is 2.69. The highest BCUT2D eigenvalue weighted by atomic mass is 16.5. The first kappa shape index (κ1) is 8.74. The average Bonchev–Trinajstić information content (AvgIpc) is 1.82. The molecule has 58 valence electrons. The summed E-state index contributed by atoms with van der Waals surface area (Å²) in [6.45, 7) is 1.25. The van der Waals surface area contributed by atoms with Crippen molar-refractivity contribution in [3.8, 4) is 0 Å². The van der Waals surface area contributed by atoms with Gasteiger partial charge in [0.05, 0.1) is 5.92 Å². The normalized spacial score (nSPS) is 12.1. The van der Waals surface area contributed by atoms with Crippen molar-refractivity contribution in [1.29, 1.82) is 0 Å². The Kier molecular flexibility index (Phi) is 3.24. The van der Waals surface area contributed by atoms with Gasteiger partial charge in [-0.05, 0) is 6.92 Å². The fourth-order valence-corrected chi connectivity index (χ4v) is 0.278. The molecule has 1 amide bonds. The molecule has 0 fully saturated rings. The number of aliphatic carboxylic acids is 1. The smallest absolute Gasteiger partial charge is 0.404 e. The molecule has 0 bridgehead atoms. The summed E-state index contributed by atoms with van der Waals surface area (Å²) in [4.78, 5) is 20.0. The van der Waals surface area contributed by atoms with Crippen LogP contribution in [0.4, 0.5) is 4.79 Å². The first-order valence-corrected chi connectivity index (χ1v) is 2.69. The van der Waals surface area contributed by atoms with E-state index < -0.39 is 18.0 Å². The van der Waals surface area contributed by atoms with Crippen LogP contribution < -0.4 is 5.73 Å². The van der Waals surface area contributed by atoms with E-state index in [0.29, 0.717) is 0 Å². The second-order valence-electron chi connectivity index (χ2n) is 1.87. The van der Waals surface area contributed by atoms with Crippen LogP contribution in [0.25, 0.3) is 0 Å². The van der Waals surface area contributed by atoms with Crippen molar-refractivity contribution in [2.75, 3.05) is 6.61 Å². The van der Waals surface area contributed by atoms with Crippen LogP contribution in [0.3, 0.4) is 0 Å². The fraction of sp³-hybridized carbons (Fsp3) is 0.600. The number of rotatable bonds is 3. The number of carbonyl (C=O) groups excluding carboxylic acids is 1. The second-order valence-corrected chi connectivity index (χ2v) is 1.87. The molecular weight excluding hydrogens is 138 g/mol. The lowest BCUT2D eigenvalue weighted by molar-refractivity contribution is -0.142. The molecule has 0 radical (unpaired) electrons. The topological polar surface area (TPSA) is 89.6 Å². The van der Waals surface area contributed by atoms with E-state index in [1.54, 1.807) is 0 Å². The van der Waals surface area contributed by atoms with E-state index in [-0.39, 0.29) is 6.61 Å². The molecule has 1 unspecified atom stereocenters. The molecule has 0 aromatic rings. The van der Waals surface area contributed by atoms with Crippen LogP contribution >= 0.6 is 0 Å². The predicted molar refractivity (Wildman–Crippen MR) is 32.3 cm³/mol. The van der Waals surface area contributed by atoms with Crippen molar-refractivity contribution in [3.63, 3.8) is 0 Å². The number of hydrogen-bond acceptors (Lipinski definition) is 3. The van der Waals surface area contributed by atoms with Crippen molar-refractivity contribution in [2.24, 2.45) is 11.7 Å². The Balaban J connectivity index is 3.49. The molecule has 10 heavy (non-hydrogen) atoms. The molecule has 0 saturated heterocycles. The van der Waals surface area contributed by atoms with Crippen LogP contribution in [-0.2, 0) is 9.53 Å². The number of primary amides is 1. The average molecular weight is 147 g/mol. The molecular formula is C5H9NO4. The van der Waals surface area contributed by atoms with E-state index in [2.05, 4.69) is 10.5 Å². The van der Waals surface area contributed by atoms with Gasteiger partial charge in [0.2, 0.25) is 0 Å². The van der Waals surface area contributed by atoms with E-state index in [1.165, 1.54) is 6.92 Å². The lowest BCUT2D eigenvalue weighted by Gasteiger charge is -2.03. The molecule has 0 saturated carbocycles. The number of ether oxygens (including phenoxy) is 1. The third-order valence-corrected chi connectivity index (χ3v) is 0.897. The van der Waals surface area contributed by atoms with Gasteiger partial charge in [0, 0.05) is 0 Å². The minimum absolute atomic E-state index is 0.176. The summed E-state index contributed by atoms with van der Waals surface area (Å²) in [7, 11) is 0. The molecule has 0 spiro atoms. The van der Waals surface area contributed by atoms with Gasteiger partial charge in [-0.3, -0.25) is 4.79 Å². The van der Waals surface area contributed by atoms with Crippen molar-refractivity contribution in [1.82, 2.24) is 0 Å². The van der Waals surface area contributed by atoms with Gasteiger partial charge in [-0.2, -0.15) is 0 Å².